The van der Waals surface area contributed by atoms with E-state index in [0.717, 1.165) is 12.7 Å². The molecule has 28 heteroatoms. The molecule has 1 aliphatic rings. The second kappa shape index (κ2) is 39.7. The summed E-state index contributed by atoms with van der Waals surface area (Å²) < 4.78 is 49.1. The van der Waals surface area contributed by atoms with Crippen LogP contribution in [0.3, 0.4) is 0 Å². The molecule has 9 amide bonds. The minimum atomic E-state index is -1.29. The molecule has 9 N–H and O–H groups in total. The number of nitrogens with one attached hydrogen (secondary N) is 9. The van der Waals surface area contributed by atoms with Gasteiger partial charge in [-0.2, -0.15) is 0 Å². The molecular weight excluding hydrogens is 1130 g/mol. The number of rotatable bonds is 27. The number of unbranched alkanes of at least 4 members (excludes halogenated alkanes) is 2. The Morgan fingerprint density at radius 1 is 0.477 bits per heavy atom. The zero-order valence-electron chi connectivity index (χ0n) is 50.9. The molecular formula is C58H89N9O19. The largest absolute Gasteiger partial charge is 0.487 e. The highest BCUT2D eigenvalue weighted by atomic mass is 16.6. The molecule has 0 bridgehead atoms. The summed E-state index contributed by atoms with van der Waals surface area (Å²) in [5, 5.41) is 23.2. The Kier molecular flexibility index (Phi) is 33.5. The fourth-order valence-electron chi connectivity index (χ4n) is 7.70. The molecule has 0 fully saturated rings. The first-order valence-corrected chi connectivity index (χ1v) is 28.8. The van der Waals surface area contributed by atoms with Gasteiger partial charge in [0.05, 0.1) is 60.0 Å². The molecule has 480 valence electrons. The standard InChI is InChI=1S/C58H89N9O19/c1-37(63-53(73)44(20-14-16-24-60-56(76)85-36-42-17-11-10-12-18-42)66-51(71)39(3)62-49(69)40(4)65-57(77)86-58(6,7)8)48(68)61-38(2)50(70)67-45(54(74)64-41(5)55(75)78-9)19-13-15-23-59-52(72)43-21-22-46-47(35-43)84-34-32-82-30-28-80-26-25-79-27-29-81-31-33-83-46/h10-12,17-18,21-22,35,37-41,44-45H,13-16,19-20,23-34,36H2,1-9H3,(H,59,72)(H,60,76)(H,61,68)(H,62,69)(H,63,73)(H,64,74)(H,65,77)(H,66,71)(H,67,70)/t37-,38-,39-,40-,41-,44-,45-/m0/s1. The smallest absolute Gasteiger partial charge is 0.408 e. The van der Waals surface area contributed by atoms with Gasteiger partial charge in [-0.15, -0.1) is 0 Å². The summed E-state index contributed by atoms with van der Waals surface area (Å²) in [7, 11) is 1.15. The van der Waals surface area contributed by atoms with Gasteiger partial charge >= 0.3 is 18.2 Å². The van der Waals surface area contributed by atoms with Gasteiger partial charge in [0.2, 0.25) is 35.4 Å². The minimum Gasteiger partial charge on any atom is -0.487 e. The van der Waals surface area contributed by atoms with Crippen molar-refractivity contribution in [3.63, 3.8) is 0 Å². The molecule has 0 radical (unpaired) electrons. The molecule has 0 aliphatic carbocycles. The Labute approximate surface area is 502 Å². The molecule has 1 aliphatic heterocycles. The molecule has 0 saturated heterocycles. The maximum Gasteiger partial charge on any atom is 0.408 e. The number of carbonyl (C=O) groups is 10. The highest BCUT2D eigenvalue weighted by Crippen LogP contribution is 2.29. The fourth-order valence-corrected chi connectivity index (χ4v) is 7.70. The van der Waals surface area contributed by atoms with Gasteiger partial charge in [-0.05, 0) is 118 Å². The SMILES string of the molecule is COC(=O)[C@H](C)NC(=O)[C@H](CCCCNC(=O)c1ccc2c(c1)OCCOCCOCCOCCOCCO2)NC(=O)[C@H](C)NC(=O)[C@H](C)NC(=O)[C@H](CCCCNC(=O)OCc1ccccc1)NC(=O)[C@H](C)NC(=O)[C@H](C)NC(=O)OC(C)(C)C. The molecule has 2 aromatic rings. The number of fused-ring (bicyclic) bond motifs is 1. The van der Waals surface area contributed by atoms with Crippen molar-refractivity contribution in [2.45, 2.75) is 148 Å². The van der Waals surface area contributed by atoms with Crippen molar-refractivity contribution in [2.75, 3.05) is 86.3 Å². The van der Waals surface area contributed by atoms with Crippen molar-refractivity contribution in [1.29, 1.82) is 0 Å². The van der Waals surface area contributed by atoms with Gasteiger partial charge in [-0.3, -0.25) is 33.6 Å². The third-order valence-corrected chi connectivity index (χ3v) is 12.5. The van der Waals surface area contributed by atoms with E-state index in [0.29, 0.717) is 70.4 Å². The van der Waals surface area contributed by atoms with Crippen LogP contribution in [0.15, 0.2) is 48.5 Å². The molecule has 2 aromatic carbocycles. The fraction of sp³-hybridized carbons (Fsp3) is 0.621. The Balaban J connectivity index is 1.62. The Hall–Kier alpha value is -7.82. The van der Waals surface area contributed by atoms with Crippen LogP contribution in [0.4, 0.5) is 9.59 Å². The predicted octanol–water partition coefficient (Wildman–Crippen LogP) is 1.60. The monoisotopic (exact) mass is 1220 g/mol. The van der Waals surface area contributed by atoms with Crippen molar-refractivity contribution in [3.8, 4) is 11.5 Å². The first-order valence-electron chi connectivity index (χ1n) is 28.8. The average molecular weight is 1220 g/mol. The summed E-state index contributed by atoms with van der Waals surface area (Å²) in [4.78, 5) is 131. The van der Waals surface area contributed by atoms with Crippen LogP contribution in [0, 0.1) is 0 Å². The molecule has 86 heavy (non-hydrogen) atoms. The second-order valence-corrected chi connectivity index (χ2v) is 21.0. The number of benzene rings is 2. The summed E-state index contributed by atoms with van der Waals surface area (Å²) in [6.45, 7) is 15.5. The van der Waals surface area contributed by atoms with Crippen LogP contribution in [0.1, 0.15) is 110 Å². The molecule has 0 saturated carbocycles. The summed E-state index contributed by atoms with van der Waals surface area (Å²) in [6, 6.07) is 5.34. The number of alkyl carbamates (subject to hydrolysis) is 2. The quantitative estimate of drug-likeness (QED) is 0.0348. The Morgan fingerprint density at radius 3 is 1.40 bits per heavy atom. The van der Waals surface area contributed by atoms with E-state index in [9.17, 15) is 47.9 Å². The van der Waals surface area contributed by atoms with Gasteiger partial charge in [0.15, 0.2) is 11.5 Å². The van der Waals surface area contributed by atoms with Gasteiger partial charge in [0.25, 0.3) is 5.91 Å². The van der Waals surface area contributed by atoms with Gasteiger partial charge in [-0.25, -0.2) is 14.4 Å². The molecule has 0 aromatic heterocycles. The lowest BCUT2D eigenvalue weighted by Gasteiger charge is -2.25. The second-order valence-electron chi connectivity index (χ2n) is 21.0. The highest BCUT2D eigenvalue weighted by molar-refractivity contribution is 5.97. The van der Waals surface area contributed by atoms with E-state index in [1.165, 1.54) is 34.6 Å². The van der Waals surface area contributed by atoms with Crippen molar-refractivity contribution >= 4 is 59.5 Å². The van der Waals surface area contributed by atoms with E-state index in [1.807, 2.05) is 18.2 Å². The number of carbonyl (C=O) groups excluding carboxylic acids is 10. The van der Waals surface area contributed by atoms with Crippen molar-refractivity contribution < 1.29 is 90.6 Å². The Morgan fingerprint density at radius 2 is 0.907 bits per heavy atom. The number of amides is 9. The maximum atomic E-state index is 13.8. The van der Waals surface area contributed by atoms with Gasteiger partial charge in [-0.1, -0.05) is 30.3 Å². The van der Waals surface area contributed by atoms with Crippen LogP contribution < -0.4 is 57.3 Å². The normalized spacial score (nSPS) is 15.8. The predicted molar refractivity (Wildman–Crippen MR) is 311 cm³/mol. The number of esters is 1. The average Bonchev–Trinajstić information content (AvgIpc) is 3.60. The summed E-state index contributed by atoms with van der Waals surface area (Å²) in [6.07, 6.45) is -0.211. The van der Waals surface area contributed by atoms with Crippen LogP contribution in [0.25, 0.3) is 0 Å². The van der Waals surface area contributed by atoms with Gasteiger partial charge < -0.3 is 90.5 Å². The van der Waals surface area contributed by atoms with E-state index in [2.05, 4.69) is 47.9 Å². The third-order valence-electron chi connectivity index (χ3n) is 12.5. The molecule has 1 heterocycles. The number of ether oxygens (including phenoxy) is 9. The van der Waals surface area contributed by atoms with E-state index in [1.54, 1.807) is 51.1 Å². The van der Waals surface area contributed by atoms with E-state index < -0.39 is 107 Å². The summed E-state index contributed by atoms with van der Waals surface area (Å²) in [5.74, 6) is -5.07. The van der Waals surface area contributed by atoms with Crippen molar-refractivity contribution in [3.05, 3.63) is 59.7 Å². The van der Waals surface area contributed by atoms with E-state index in [4.69, 9.17) is 42.6 Å². The zero-order valence-corrected chi connectivity index (χ0v) is 50.9. The Bertz CT molecular complexity index is 2480. The molecule has 28 nitrogen and oxygen atoms in total. The van der Waals surface area contributed by atoms with Crippen LogP contribution in [0.2, 0.25) is 0 Å². The highest BCUT2D eigenvalue weighted by Gasteiger charge is 2.31. The van der Waals surface area contributed by atoms with Crippen LogP contribution in [-0.2, 0) is 73.3 Å². The number of hydrogen-bond donors (Lipinski definition) is 9. The summed E-state index contributed by atoms with van der Waals surface area (Å²) >= 11 is 0. The lowest BCUT2D eigenvalue weighted by Crippen LogP contribution is -2.58. The van der Waals surface area contributed by atoms with Crippen molar-refractivity contribution in [1.82, 2.24) is 47.9 Å². The van der Waals surface area contributed by atoms with E-state index >= 15 is 0 Å². The topological polar surface area (TPSA) is 362 Å². The molecule has 0 unspecified atom stereocenters. The summed E-state index contributed by atoms with van der Waals surface area (Å²) in [5.41, 5.74) is 0.242. The molecule has 0 spiro atoms. The lowest BCUT2D eigenvalue weighted by molar-refractivity contribution is -0.145. The minimum absolute atomic E-state index is 0.00891. The zero-order chi connectivity index (χ0) is 63.4. The first-order chi connectivity index (χ1) is 41.0. The number of methoxy groups -OCH3 is 1. The van der Waals surface area contributed by atoms with E-state index in [-0.39, 0.29) is 70.9 Å². The maximum absolute atomic E-state index is 13.8. The molecule has 3 rings (SSSR count). The molecule has 7 atom stereocenters. The lowest BCUT2D eigenvalue weighted by atomic mass is 10.1. The van der Waals surface area contributed by atoms with Gasteiger partial charge in [0, 0.05) is 18.7 Å². The third kappa shape index (κ3) is 29.8. The first kappa shape index (κ1) is 72.4. The van der Waals surface area contributed by atoms with Crippen LogP contribution in [0.5, 0.6) is 11.5 Å². The van der Waals surface area contributed by atoms with Crippen LogP contribution in [-0.4, -0.2) is 194 Å². The van der Waals surface area contributed by atoms with Crippen molar-refractivity contribution in [2.24, 2.45) is 0 Å². The van der Waals surface area contributed by atoms with Gasteiger partial charge in [0.1, 0.15) is 67.7 Å². The number of hydrogen-bond acceptors (Lipinski definition) is 19. The van der Waals surface area contributed by atoms with Crippen LogP contribution >= 0.6 is 0 Å².